The van der Waals surface area contributed by atoms with Gasteiger partial charge in [0, 0.05) is 29.9 Å². The molecule has 1 aliphatic carbocycles. The molecule has 1 fully saturated rings. The zero-order chi connectivity index (χ0) is 13.3. The van der Waals surface area contributed by atoms with Crippen LogP contribution in [0.2, 0.25) is 0 Å². The van der Waals surface area contributed by atoms with Crippen LogP contribution in [0.3, 0.4) is 0 Å². The Balaban J connectivity index is 2.40. The molecule has 0 atom stereocenters. The highest BCUT2D eigenvalue weighted by molar-refractivity contribution is 5.94. The molecule has 0 radical (unpaired) electrons. The van der Waals surface area contributed by atoms with Crippen LogP contribution in [0.1, 0.15) is 47.9 Å². The quantitative estimate of drug-likeness (QED) is 0.886. The van der Waals surface area contributed by atoms with E-state index in [0.717, 1.165) is 18.5 Å². The van der Waals surface area contributed by atoms with Gasteiger partial charge in [-0.15, -0.1) is 0 Å². The van der Waals surface area contributed by atoms with Gasteiger partial charge in [0.25, 0.3) is 5.91 Å². The first-order chi connectivity index (χ1) is 8.54. The third-order valence-corrected chi connectivity index (χ3v) is 3.73. The first-order valence-electron chi connectivity index (χ1n) is 6.56. The Kier molecular flexibility index (Phi) is 3.55. The van der Waals surface area contributed by atoms with E-state index in [-0.39, 0.29) is 17.4 Å². The van der Waals surface area contributed by atoms with Gasteiger partial charge in [-0.25, -0.2) is 0 Å². The zero-order valence-corrected chi connectivity index (χ0v) is 11.2. The summed E-state index contributed by atoms with van der Waals surface area (Å²) in [6.45, 7) is 6.27. The number of pyridine rings is 1. The van der Waals surface area contributed by atoms with Crippen molar-refractivity contribution in [3.05, 3.63) is 33.2 Å². The Morgan fingerprint density at radius 2 is 2.11 bits per heavy atom. The fraction of sp³-hybridized carbons (Fsp3) is 0.571. The largest absolute Gasteiger partial charge is 0.348 e. The zero-order valence-electron chi connectivity index (χ0n) is 11.2. The molecular weight excluding hydrogens is 228 g/mol. The smallest absolute Gasteiger partial charge is 0.268 e. The van der Waals surface area contributed by atoms with Gasteiger partial charge < -0.3 is 9.88 Å². The van der Waals surface area contributed by atoms with Crippen LogP contribution in [0.4, 0.5) is 0 Å². The monoisotopic (exact) mass is 248 g/mol. The van der Waals surface area contributed by atoms with Crippen LogP contribution in [-0.2, 0) is 6.54 Å². The van der Waals surface area contributed by atoms with Crippen LogP contribution in [0.5, 0.6) is 0 Å². The van der Waals surface area contributed by atoms with E-state index in [1.54, 1.807) is 13.0 Å². The summed E-state index contributed by atoms with van der Waals surface area (Å²) in [5, 5.41) is 3.00. The fourth-order valence-electron chi connectivity index (χ4n) is 2.38. The predicted molar refractivity (Wildman–Crippen MR) is 71.0 cm³/mol. The van der Waals surface area contributed by atoms with Crippen molar-refractivity contribution < 1.29 is 4.79 Å². The van der Waals surface area contributed by atoms with Gasteiger partial charge in [0.1, 0.15) is 5.69 Å². The van der Waals surface area contributed by atoms with Gasteiger partial charge in [0.2, 0.25) is 0 Å². The average molecular weight is 248 g/mol. The van der Waals surface area contributed by atoms with Gasteiger partial charge in [-0.05, 0) is 40.0 Å². The number of rotatable bonds is 3. The molecule has 1 aliphatic rings. The average Bonchev–Trinajstić information content (AvgIpc) is 2.27. The summed E-state index contributed by atoms with van der Waals surface area (Å²) in [5.74, 6) is -0.111. The lowest BCUT2D eigenvalue weighted by Gasteiger charge is -2.27. The van der Waals surface area contributed by atoms with Crippen LogP contribution in [0, 0.1) is 13.8 Å². The van der Waals surface area contributed by atoms with Crippen LogP contribution in [0.15, 0.2) is 10.9 Å². The summed E-state index contributed by atoms with van der Waals surface area (Å²) in [6, 6.07) is 1.89. The van der Waals surface area contributed by atoms with E-state index in [4.69, 9.17) is 0 Å². The van der Waals surface area contributed by atoms with Crippen LogP contribution >= 0.6 is 0 Å². The molecule has 98 valence electrons. The summed E-state index contributed by atoms with van der Waals surface area (Å²) in [6.07, 6.45) is 3.28. The maximum atomic E-state index is 12.3. The van der Waals surface area contributed by atoms with Crippen molar-refractivity contribution in [2.24, 2.45) is 0 Å². The first-order valence-corrected chi connectivity index (χ1v) is 6.56. The first kappa shape index (κ1) is 12.9. The molecule has 0 saturated heterocycles. The summed E-state index contributed by atoms with van der Waals surface area (Å²) >= 11 is 0. The Morgan fingerprint density at radius 3 is 2.61 bits per heavy atom. The number of aromatic nitrogens is 1. The molecule has 1 amide bonds. The van der Waals surface area contributed by atoms with Crippen LogP contribution in [0.25, 0.3) is 0 Å². The molecule has 1 saturated carbocycles. The predicted octanol–water partition coefficient (Wildman–Crippen LogP) is 1.77. The molecule has 0 bridgehead atoms. The van der Waals surface area contributed by atoms with E-state index in [9.17, 15) is 9.59 Å². The minimum atomic E-state index is -0.111. The summed E-state index contributed by atoms with van der Waals surface area (Å²) in [5.41, 5.74) is 1.84. The highest BCUT2D eigenvalue weighted by Crippen LogP contribution is 2.19. The van der Waals surface area contributed by atoms with Crippen molar-refractivity contribution in [1.82, 2.24) is 9.88 Å². The second kappa shape index (κ2) is 4.96. The molecule has 1 heterocycles. The molecule has 0 unspecified atom stereocenters. The molecule has 18 heavy (non-hydrogen) atoms. The maximum absolute atomic E-state index is 12.3. The molecule has 1 N–H and O–H groups in total. The van der Waals surface area contributed by atoms with E-state index in [1.807, 2.05) is 18.4 Å². The molecule has 4 heteroatoms. The van der Waals surface area contributed by atoms with Crippen molar-refractivity contribution in [3.8, 4) is 0 Å². The van der Waals surface area contributed by atoms with E-state index in [1.165, 1.54) is 6.42 Å². The third kappa shape index (κ3) is 2.19. The van der Waals surface area contributed by atoms with Gasteiger partial charge in [-0.2, -0.15) is 0 Å². The Labute approximate surface area is 107 Å². The normalized spacial score (nSPS) is 15.3. The number of carbonyl (C=O) groups excluding carboxylic acids is 1. The second-order valence-electron chi connectivity index (χ2n) is 4.97. The maximum Gasteiger partial charge on any atom is 0.268 e. The van der Waals surface area contributed by atoms with Crippen molar-refractivity contribution in [2.75, 3.05) is 0 Å². The summed E-state index contributed by atoms with van der Waals surface area (Å²) in [7, 11) is 0. The number of carbonyl (C=O) groups is 1. The summed E-state index contributed by atoms with van der Waals surface area (Å²) in [4.78, 5) is 24.1. The number of nitrogens with zero attached hydrogens (tertiary/aromatic N) is 1. The minimum absolute atomic E-state index is 0.0593. The second-order valence-corrected chi connectivity index (χ2v) is 4.97. The number of hydrogen-bond acceptors (Lipinski definition) is 2. The van der Waals surface area contributed by atoms with Gasteiger partial charge >= 0.3 is 0 Å². The number of nitrogens with one attached hydrogen (secondary N) is 1. The molecular formula is C14H20N2O2. The molecule has 2 rings (SSSR count). The van der Waals surface area contributed by atoms with Gasteiger partial charge in [-0.3, -0.25) is 9.59 Å². The van der Waals surface area contributed by atoms with E-state index in [0.29, 0.717) is 17.8 Å². The third-order valence-electron chi connectivity index (χ3n) is 3.73. The van der Waals surface area contributed by atoms with Crippen molar-refractivity contribution in [3.63, 3.8) is 0 Å². The number of aryl methyl sites for hydroxylation is 1. The number of amides is 1. The lowest BCUT2D eigenvalue weighted by molar-refractivity contribution is 0.0905. The number of hydrogen-bond donors (Lipinski definition) is 1. The van der Waals surface area contributed by atoms with Crippen LogP contribution < -0.4 is 10.7 Å². The molecule has 1 aromatic heterocycles. The van der Waals surface area contributed by atoms with E-state index >= 15 is 0 Å². The molecule has 4 nitrogen and oxygen atoms in total. The molecule has 0 spiro atoms. The molecule has 1 aromatic rings. The van der Waals surface area contributed by atoms with Gasteiger partial charge in [-0.1, -0.05) is 0 Å². The lowest BCUT2D eigenvalue weighted by atomic mass is 9.93. The molecule has 0 aromatic carbocycles. The lowest BCUT2D eigenvalue weighted by Crippen LogP contribution is -2.41. The van der Waals surface area contributed by atoms with Crippen molar-refractivity contribution in [1.29, 1.82) is 0 Å². The highest BCUT2D eigenvalue weighted by Gasteiger charge is 2.23. The highest BCUT2D eigenvalue weighted by atomic mass is 16.2. The Hall–Kier alpha value is -1.58. The Bertz CT molecular complexity index is 527. The van der Waals surface area contributed by atoms with E-state index < -0.39 is 0 Å². The minimum Gasteiger partial charge on any atom is -0.348 e. The topological polar surface area (TPSA) is 51.1 Å². The van der Waals surface area contributed by atoms with E-state index in [2.05, 4.69) is 5.32 Å². The standard InChI is InChI=1S/C14H20N2O2/c1-4-16-9(2)8-12(17)10(3)13(16)14(18)15-11-6-5-7-11/h8,11H,4-7H2,1-3H3,(H,15,18). The van der Waals surface area contributed by atoms with Crippen molar-refractivity contribution in [2.45, 2.75) is 52.6 Å². The van der Waals surface area contributed by atoms with Crippen LogP contribution in [-0.4, -0.2) is 16.5 Å². The Morgan fingerprint density at radius 1 is 1.44 bits per heavy atom. The SMILES string of the molecule is CCn1c(C)cc(=O)c(C)c1C(=O)NC1CCC1. The molecule has 0 aliphatic heterocycles. The summed E-state index contributed by atoms with van der Waals surface area (Å²) < 4.78 is 1.91. The van der Waals surface area contributed by atoms with Gasteiger partial charge in [0.05, 0.1) is 0 Å². The fourth-order valence-corrected chi connectivity index (χ4v) is 2.38. The van der Waals surface area contributed by atoms with Gasteiger partial charge in [0.15, 0.2) is 5.43 Å². The van der Waals surface area contributed by atoms with Crippen molar-refractivity contribution >= 4 is 5.91 Å².